The zero-order valence-electron chi connectivity index (χ0n) is 10.8. The molecule has 1 N–H and O–H groups in total. The Bertz CT molecular complexity index is 411. The van der Waals surface area contributed by atoms with Crippen LogP contribution in [0, 0.1) is 0 Å². The van der Waals surface area contributed by atoms with E-state index in [1.807, 2.05) is 42.1 Å². The molecule has 0 saturated carbocycles. The van der Waals surface area contributed by atoms with Gasteiger partial charge >= 0.3 is 0 Å². The summed E-state index contributed by atoms with van der Waals surface area (Å²) in [6.45, 7) is 6.27. The maximum absolute atomic E-state index is 10.6. The Morgan fingerprint density at radius 3 is 2.72 bits per heavy atom. The van der Waals surface area contributed by atoms with Gasteiger partial charge in [-0.2, -0.15) is 28.6 Å². The van der Waals surface area contributed by atoms with Crippen molar-refractivity contribution in [2.45, 2.75) is 43.4 Å². The van der Waals surface area contributed by atoms with Crippen LogP contribution in [0.2, 0.25) is 5.02 Å². The maximum Gasteiger partial charge on any atom is 0.110 e. The van der Waals surface area contributed by atoms with Gasteiger partial charge in [0.15, 0.2) is 0 Å². The molecule has 1 aliphatic heterocycles. The Hall–Kier alpha value is 0.160. The summed E-state index contributed by atoms with van der Waals surface area (Å²) in [4.78, 5) is 0. The molecule has 0 aliphatic carbocycles. The van der Waals surface area contributed by atoms with Crippen molar-refractivity contribution in [3.05, 3.63) is 16.9 Å². The number of aliphatic hydroxyl groups excluding tert-OH is 1. The average Bonchev–Trinajstić information content (AvgIpc) is 2.71. The predicted molar refractivity (Wildman–Crippen MR) is 80.7 cm³/mol. The number of thioether (sulfide) groups is 2. The molecule has 1 saturated heterocycles. The predicted octanol–water partition coefficient (Wildman–Crippen LogP) is 3.39. The van der Waals surface area contributed by atoms with Crippen LogP contribution in [0.3, 0.4) is 0 Å². The van der Waals surface area contributed by atoms with E-state index in [2.05, 4.69) is 12.0 Å². The number of aliphatic hydroxyl groups is 1. The molecule has 2 heterocycles. The monoisotopic (exact) mass is 306 g/mol. The van der Waals surface area contributed by atoms with Crippen LogP contribution in [0.1, 0.15) is 38.6 Å². The lowest BCUT2D eigenvalue weighted by molar-refractivity contribution is 0.161. The lowest BCUT2D eigenvalue weighted by Gasteiger charge is -2.32. The second-order valence-electron chi connectivity index (χ2n) is 4.77. The Morgan fingerprint density at radius 1 is 1.44 bits per heavy atom. The van der Waals surface area contributed by atoms with E-state index in [1.54, 1.807) is 6.20 Å². The van der Waals surface area contributed by atoms with E-state index in [1.165, 1.54) is 0 Å². The van der Waals surface area contributed by atoms with E-state index in [9.17, 15) is 5.11 Å². The number of rotatable bonds is 3. The molecule has 1 aromatic rings. The summed E-state index contributed by atoms with van der Waals surface area (Å²) < 4.78 is 1.83. The summed E-state index contributed by atoms with van der Waals surface area (Å²) in [5.74, 6) is 2.25. The van der Waals surface area contributed by atoms with E-state index in [4.69, 9.17) is 11.6 Å². The molecule has 18 heavy (non-hydrogen) atoms. The number of nitrogens with zero attached hydrogens (tertiary/aromatic N) is 2. The third kappa shape index (κ3) is 2.84. The molecule has 3 atom stereocenters. The van der Waals surface area contributed by atoms with E-state index in [-0.39, 0.29) is 11.3 Å². The number of hydrogen-bond donors (Lipinski definition) is 1. The van der Waals surface area contributed by atoms with Gasteiger partial charge in [0.05, 0.1) is 16.9 Å². The zero-order chi connectivity index (χ0) is 13.3. The molecule has 0 radical (unpaired) electrons. The highest BCUT2D eigenvalue weighted by atomic mass is 35.5. The Morgan fingerprint density at radius 2 is 2.11 bits per heavy atom. The second-order valence-corrected chi connectivity index (χ2v) is 7.95. The summed E-state index contributed by atoms with van der Waals surface area (Å²) in [5, 5.41) is 16.1. The largest absolute Gasteiger partial charge is 0.386 e. The normalized spacial score (nSPS) is 26.6. The van der Waals surface area contributed by atoms with Gasteiger partial charge in [-0.15, -0.1) is 0 Å². The lowest BCUT2D eigenvalue weighted by Crippen LogP contribution is -2.31. The molecular formula is C12H19ClN2OS2. The van der Waals surface area contributed by atoms with E-state index in [0.29, 0.717) is 10.3 Å². The molecule has 102 valence electrons. The van der Waals surface area contributed by atoms with Gasteiger partial charge in [-0.1, -0.05) is 18.5 Å². The third-order valence-electron chi connectivity index (χ3n) is 3.10. The highest BCUT2D eigenvalue weighted by Gasteiger charge is 2.33. The highest BCUT2D eigenvalue weighted by Crippen LogP contribution is 2.40. The van der Waals surface area contributed by atoms with E-state index < -0.39 is 6.10 Å². The van der Waals surface area contributed by atoms with Crippen molar-refractivity contribution in [3.8, 4) is 0 Å². The quantitative estimate of drug-likeness (QED) is 0.929. The van der Waals surface area contributed by atoms with Crippen LogP contribution in [0.5, 0.6) is 0 Å². The van der Waals surface area contributed by atoms with Gasteiger partial charge in [0.2, 0.25) is 0 Å². The molecule has 3 nitrogen and oxygen atoms in total. The molecule has 0 aromatic carbocycles. The summed E-state index contributed by atoms with van der Waals surface area (Å²) in [7, 11) is 0. The Kier molecular flexibility index (Phi) is 4.92. The molecule has 6 heteroatoms. The molecule has 2 rings (SSSR count). The van der Waals surface area contributed by atoms with Gasteiger partial charge in [0.1, 0.15) is 6.10 Å². The van der Waals surface area contributed by atoms with Crippen LogP contribution in [0.25, 0.3) is 0 Å². The summed E-state index contributed by atoms with van der Waals surface area (Å²) in [5.41, 5.74) is 0.763. The van der Waals surface area contributed by atoms with Gasteiger partial charge in [0, 0.05) is 28.0 Å². The van der Waals surface area contributed by atoms with Gasteiger partial charge < -0.3 is 5.11 Å². The summed E-state index contributed by atoms with van der Waals surface area (Å²) in [6, 6.07) is 0.207. The fourth-order valence-corrected chi connectivity index (χ4v) is 5.24. The molecule has 0 spiro atoms. The SMILES string of the molecule is CC1SCCSC1C(O)c1c(Cl)cnn1C(C)C. The van der Waals surface area contributed by atoms with Gasteiger partial charge in [-0.05, 0) is 13.8 Å². The molecule has 1 aromatic heterocycles. The molecule has 3 unspecified atom stereocenters. The standard InChI is InChI=1S/C12H19ClN2OS2/c1-7(2)15-10(9(13)6-14-15)11(16)12-8(3)17-4-5-18-12/h6-8,11-12,16H,4-5H2,1-3H3. The van der Waals surface area contributed by atoms with Crippen molar-refractivity contribution < 1.29 is 5.11 Å². The molecule has 0 amide bonds. The zero-order valence-corrected chi connectivity index (χ0v) is 13.2. The Labute approximate surface area is 122 Å². The van der Waals surface area contributed by atoms with Crippen LogP contribution in [0.15, 0.2) is 6.20 Å². The fourth-order valence-electron chi connectivity index (χ4n) is 2.19. The maximum atomic E-state index is 10.6. The Balaban J connectivity index is 2.27. The number of hydrogen-bond acceptors (Lipinski definition) is 4. The van der Waals surface area contributed by atoms with Crippen molar-refractivity contribution >= 4 is 35.1 Å². The minimum absolute atomic E-state index is 0.190. The lowest BCUT2D eigenvalue weighted by atomic mass is 10.1. The second kappa shape index (κ2) is 6.07. The van der Waals surface area contributed by atoms with Crippen LogP contribution in [0.4, 0.5) is 0 Å². The van der Waals surface area contributed by atoms with Crippen LogP contribution < -0.4 is 0 Å². The first-order chi connectivity index (χ1) is 8.52. The first-order valence-corrected chi connectivity index (χ1v) is 8.64. The van der Waals surface area contributed by atoms with Crippen molar-refractivity contribution in [3.63, 3.8) is 0 Å². The van der Waals surface area contributed by atoms with Crippen molar-refractivity contribution in [1.29, 1.82) is 0 Å². The fraction of sp³-hybridized carbons (Fsp3) is 0.750. The van der Waals surface area contributed by atoms with Crippen molar-refractivity contribution in [1.82, 2.24) is 9.78 Å². The van der Waals surface area contributed by atoms with Crippen LogP contribution in [-0.2, 0) is 0 Å². The van der Waals surface area contributed by atoms with E-state index in [0.717, 1.165) is 17.2 Å². The minimum atomic E-state index is -0.546. The topological polar surface area (TPSA) is 38.1 Å². The van der Waals surface area contributed by atoms with Crippen LogP contribution in [-0.4, -0.2) is 36.9 Å². The third-order valence-corrected chi connectivity index (χ3v) is 6.58. The van der Waals surface area contributed by atoms with Crippen LogP contribution >= 0.6 is 35.1 Å². The molecule has 0 bridgehead atoms. The van der Waals surface area contributed by atoms with Crippen molar-refractivity contribution in [2.24, 2.45) is 0 Å². The summed E-state index contributed by atoms with van der Waals surface area (Å²) in [6.07, 6.45) is 1.08. The van der Waals surface area contributed by atoms with E-state index >= 15 is 0 Å². The molecule has 1 aliphatic rings. The highest BCUT2D eigenvalue weighted by molar-refractivity contribution is 8.07. The van der Waals surface area contributed by atoms with Gasteiger partial charge in [0.25, 0.3) is 0 Å². The molecular weight excluding hydrogens is 288 g/mol. The smallest absolute Gasteiger partial charge is 0.110 e. The average molecular weight is 307 g/mol. The minimum Gasteiger partial charge on any atom is -0.386 e. The van der Waals surface area contributed by atoms with Gasteiger partial charge in [-0.25, -0.2) is 0 Å². The number of halogens is 1. The number of aromatic nitrogens is 2. The summed E-state index contributed by atoms with van der Waals surface area (Å²) >= 11 is 9.95. The first kappa shape index (κ1) is 14.6. The van der Waals surface area contributed by atoms with Crippen molar-refractivity contribution in [2.75, 3.05) is 11.5 Å². The first-order valence-electron chi connectivity index (χ1n) is 6.16. The molecule has 1 fully saturated rings. The van der Waals surface area contributed by atoms with Gasteiger partial charge in [-0.3, -0.25) is 4.68 Å².